The Labute approximate surface area is 101 Å². The highest BCUT2D eigenvalue weighted by atomic mass is 16.5. The predicted molar refractivity (Wildman–Crippen MR) is 64.5 cm³/mol. The van der Waals surface area contributed by atoms with Crippen molar-refractivity contribution in [3.63, 3.8) is 0 Å². The van der Waals surface area contributed by atoms with Gasteiger partial charge in [0.05, 0.1) is 6.61 Å². The van der Waals surface area contributed by atoms with Gasteiger partial charge in [0, 0.05) is 12.0 Å². The molecule has 0 saturated carbocycles. The largest absolute Gasteiger partial charge is 0.508 e. The van der Waals surface area contributed by atoms with Gasteiger partial charge >= 0.3 is 5.97 Å². The number of hydrogen-bond donors (Lipinski definition) is 2. The molecule has 0 atom stereocenters. The van der Waals surface area contributed by atoms with Crippen molar-refractivity contribution in [1.29, 1.82) is 0 Å². The van der Waals surface area contributed by atoms with Gasteiger partial charge in [0.1, 0.15) is 11.5 Å². The zero-order chi connectivity index (χ0) is 12.7. The van der Waals surface area contributed by atoms with Gasteiger partial charge in [0.15, 0.2) is 0 Å². The predicted octanol–water partition coefficient (Wildman–Crippen LogP) is 2.59. The third kappa shape index (κ3) is 4.34. The number of ether oxygens (including phenoxy) is 1. The summed E-state index contributed by atoms with van der Waals surface area (Å²) in [5, 5.41) is 18.2. The number of phenols is 1. The fourth-order valence-corrected chi connectivity index (χ4v) is 1.60. The Hall–Kier alpha value is -1.71. The molecule has 0 aromatic heterocycles. The van der Waals surface area contributed by atoms with E-state index in [0.717, 1.165) is 18.4 Å². The Bertz CT molecular complexity index is 374. The first kappa shape index (κ1) is 13.4. The molecule has 0 saturated heterocycles. The van der Waals surface area contributed by atoms with Gasteiger partial charge in [0.2, 0.25) is 0 Å². The van der Waals surface area contributed by atoms with Gasteiger partial charge in [-0.1, -0.05) is 19.4 Å². The highest BCUT2D eigenvalue weighted by Crippen LogP contribution is 2.28. The van der Waals surface area contributed by atoms with E-state index in [4.69, 9.17) is 9.84 Å². The Morgan fingerprint density at radius 3 is 2.82 bits per heavy atom. The van der Waals surface area contributed by atoms with Crippen molar-refractivity contribution in [2.24, 2.45) is 0 Å². The number of aliphatic carboxylic acids is 1. The van der Waals surface area contributed by atoms with Crippen LogP contribution >= 0.6 is 0 Å². The molecule has 0 heterocycles. The molecule has 0 aliphatic rings. The Morgan fingerprint density at radius 1 is 1.41 bits per heavy atom. The lowest BCUT2D eigenvalue weighted by molar-refractivity contribution is -0.137. The molecule has 4 heteroatoms. The lowest BCUT2D eigenvalue weighted by atomic mass is 10.1. The summed E-state index contributed by atoms with van der Waals surface area (Å²) in [5.74, 6) is 0.0677. The molecule has 0 aliphatic heterocycles. The zero-order valence-electron chi connectivity index (χ0n) is 9.98. The van der Waals surface area contributed by atoms with Crippen LogP contribution in [0.5, 0.6) is 11.5 Å². The molecule has 1 aromatic carbocycles. The van der Waals surface area contributed by atoms with Gasteiger partial charge in [0.25, 0.3) is 0 Å². The highest BCUT2D eigenvalue weighted by molar-refractivity contribution is 5.66. The van der Waals surface area contributed by atoms with Crippen molar-refractivity contribution in [2.45, 2.75) is 32.6 Å². The molecule has 0 amide bonds. The Morgan fingerprint density at radius 2 is 2.18 bits per heavy atom. The molecule has 4 nitrogen and oxygen atoms in total. The number of carboxylic acid groups (broad SMARTS) is 1. The number of aromatic hydroxyl groups is 1. The smallest absolute Gasteiger partial charge is 0.303 e. The standard InChI is InChI=1S/C13H18O4/c1-2-5-10-11(14)6-3-7-12(10)17-9-4-8-13(15)16/h3,6-7,14H,2,4-5,8-9H2,1H3,(H,15,16). The molecule has 2 N–H and O–H groups in total. The van der Waals surface area contributed by atoms with E-state index in [9.17, 15) is 9.90 Å². The molecule has 17 heavy (non-hydrogen) atoms. The highest BCUT2D eigenvalue weighted by Gasteiger charge is 2.08. The number of hydrogen-bond acceptors (Lipinski definition) is 3. The number of benzene rings is 1. The second-order valence-corrected chi connectivity index (χ2v) is 3.85. The van der Waals surface area contributed by atoms with E-state index < -0.39 is 5.97 Å². The first-order valence-corrected chi connectivity index (χ1v) is 5.80. The Balaban J connectivity index is 2.57. The monoisotopic (exact) mass is 238 g/mol. The Kier molecular flexibility index (Phi) is 5.33. The fraction of sp³-hybridized carbons (Fsp3) is 0.462. The minimum absolute atomic E-state index is 0.0991. The number of rotatable bonds is 7. The van der Waals surface area contributed by atoms with Crippen LogP contribution in [-0.2, 0) is 11.2 Å². The maximum atomic E-state index is 10.3. The lowest BCUT2D eigenvalue weighted by Gasteiger charge is -2.11. The van der Waals surface area contributed by atoms with Crippen LogP contribution in [0.3, 0.4) is 0 Å². The summed E-state index contributed by atoms with van der Waals surface area (Å²) in [5.41, 5.74) is 0.797. The van der Waals surface area contributed by atoms with Gasteiger partial charge < -0.3 is 14.9 Å². The summed E-state index contributed by atoms with van der Waals surface area (Å²) in [6, 6.07) is 5.15. The van der Waals surface area contributed by atoms with E-state index in [2.05, 4.69) is 0 Å². The maximum Gasteiger partial charge on any atom is 0.303 e. The molecule has 94 valence electrons. The second-order valence-electron chi connectivity index (χ2n) is 3.85. The molecule has 1 rings (SSSR count). The van der Waals surface area contributed by atoms with E-state index in [-0.39, 0.29) is 12.2 Å². The van der Waals surface area contributed by atoms with Gasteiger partial charge in [-0.3, -0.25) is 4.79 Å². The SMILES string of the molecule is CCCc1c(O)cccc1OCCCC(=O)O. The summed E-state index contributed by atoms with van der Waals surface area (Å²) in [7, 11) is 0. The van der Waals surface area contributed by atoms with Crippen molar-refractivity contribution in [3.8, 4) is 11.5 Å². The molecular weight excluding hydrogens is 220 g/mol. The third-order valence-electron chi connectivity index (χ3n) is 2.40. The van der Waals surface area contributed by atoms with Gasteiger partial charge in [-0.2, -0.15) is 0 Å². The summed E-state index contributed by atoms with van der Waals surface area (Å²) >= 11 is 0. The summed E-state index contributed by atoms with van der Waals surface area (Å²) < 4.78 is 5.50. The molecule has 0 fully saturated rings. The van der Waals surface area contributed by atoms with Crippen LogP contribution in [0.15, 0.2) is 18.2 Å². The van der Waals surface area contributed by atoms with Gasteiger partial charge in [-0.25, -0.2) is 0 Å². The van der Waals surface area contributed by atoms with Crippen LogP contribution in [0, 0.1) is 0 Å². The zero-order valence-corrected chi connectivity index (χ0v) is 9.98. The quantitative estimate of drug-likeness (QED) is 0.716. The van der Waals surface area contributed by atoms with Crippen LogP contribution in [0.1, 0.15) is 31.7 Å². The second kappa shape index (κ2) is 6.78. The first-order valence-electron chi connectivity index (χ1n) is 5.80. The molecule has 1 aromatic rings. The van der Waals surface area contributed by atoms with E-state index in [1.165, 1.54) is 0 Å². The molecule has 0 spiro atoms. The van der Waals surface area contributed by atoms with Crippen molar-refractivity contribution in [1.82, 2.24) is 0 Å². The van der Waals surface area contributed by atoms with Crippen LogP contribution < -0.4 is 4.74 Å². The maximum absolute atomic E-state index is 10.3. The molecule has 0 unspecified atom stereocenters. The molecule has 0 radical (unpaired) electrons. The summed E-state index contributed by atoms with van der Waals surface area (Å²) in [4.78, 5) is 10.3. The summed E-state index contributed by atoms with van der Waals surface area (Å²) in [6.45, 7) is 2.38. The first-order chi connectivity index (χ1) is 8.15. The van der Waals surface area contributed by atoms with Crippen molar-refractivity contribution >= 4 is 5.97 Å². The van der Waals surface area contributed by atoms with E-state index in [1.54, 1.807) is 18.2 Å². The summed E-state index contributed by atoms with van der Waals surface area (Å²) in [6.07, 6.45) is 2.24. The van der Waals surface area contributed by atoms with Gasteiger partial charge in [-0.05, 0) is 25.0 Å². The minimum atomic E-state index is -0.821. The average Bonchev–Trinajstić information content (AvgIpc) is 2.28. The molecular formula is C13H18O4. The van der Waals surface area contributed by atoms with Crippen LogP contribution in [0.2, 0.25) is 0 Å². The molecule has 0 bridgehead atoms. The van der Waals surface area contributed by atoms with Crippen molar-refractivity contribution in [2.75, 3.05) is 6.61 Å². The third-order valence-corrected chi connectivity index (χ3v) is 2.40. The van der Waals surface area contributed by atoms with Gasteiger partial charge in [-0.15, -0.1) is 0 Å². The lowest BCUT2D eigenvalue weighted by Crippen LogP contribution is -2.03. The molecule has 0 aliphatic carbocycles. The average molecular weight is 238 g/mol. The van der Waals surface area contributed by atoms with Crippen LogP contribution in [-0.4, -0.2) is 22.8 Å². The van der Waals surface area contributed by atoms with E-state index >= 15 is 0 Å². The normalized spacial score (nSPS) is 10.2. The van der Waals surface area contributed by atoms with Crippen LogP contribution in [0.4, 0.5) is 0 Å². The van der Waals surface area contributed by atoms with E-state index in [1.807, 2.05) is 6.92 Å². The van der Waals surface area contributed by atoms with Crippen molar-refractivity contribution in [3.05, 3.63) is 23.8 Å². The fourth-order valence-electron chi connectivity index (χ4n) is 1.60. The number of phenolic OH excluding ortho intramolecular Hbond substituents is 1. The topological polar surface area (TPSA) is 66.8 Å². The van der Waals surface area contributed by atoms with Crippen LogP contribution in [0.25, 0.3) is 0 Å². The van der Waals surface area contributed by atoms with Crippen molar-refractivity contribution < 1.29 is 19.7 Å². The number of carboxylic acids is 1. The van der Waals surface area contributed by atoms with E-state index in [0.29, 0.717) is 18.8 Å². The minimum Gasteiger partial charge on any atom is -0.508 e. The number of carbonyl (C=O) groups is 1.